The van der Waals surface area contributed by atoms with E-state index in [0.717, 1.165) is 11.1 Å². The van der Waals surface area contributed by atoms with Crippen LogP contribution in [0.4, 0.5) is 4.39 Å². The van der Waals surface area contributed by atoms with Gasteiger partial charge in [-0.2, -0.15) is 0 Å². The van der Waals surface area contributed by atoms with Crippen molar-refractivity contribution in [2.45, 2.75) is 6.92 Å². The van der Waals surface area contributed by atoms with Gasteiger partial charge in [-0.25, -0.2) is 4.39 Å². The molecule has 0 aliphatic carbocycles. The van der Waals surface area contributed by atoms with Crippen molar-refractivity contribution in [1.29, 1.82) is 0 Å². The fraction of sp³-hybridized carbons (Fsp3) is 0.200. The summed E-state index contributed by atoms with van der Waals surface area (Å²) in [6, 6.07) is 4.38. The molecule has 1 nitrogen and oxygen atoms in total. The molecule has 2 heteroatoms. The maximum Gasteiger partial charge on any atom is 0.123 e. The molecule has 0 spiro atoms. The Morgan fingerprint density at radius 3 is 2.83 bits per heavy atom. The molecule has 12 heavy (non-hydrogen) atoms. The second-order valence-corrected chi connectivity index (χ2v) is 2.42. The molecule has 0 aliphatic heterocycles. The molecule has 0 unspecified atom stereocenters. The quantitative estimate of drug-likeness (QED) is 0.576. The summed E-state index contributed by atoms with van der Waals surface area (Å²) in [6.45, 7) is 1.61. The predicted octanol–water partition coefficient (Wildman–Crippen LogP) is 1.48. The van der Waals surface area contributed by atoms with Crippen LogP contribution in [-0.4, -0.2) is 11.7 Å². The molecule has 0 amide bonds. The largest absolute Gasteiger partial charge is 0.384 e. The van der Waals surface area contributed by atoms with Gasteiger partial charge in [0.05, 0.1) is 0 Å². The van der Waals surface area contributed by atoms with E-state index in [4.69, 9.17) is 5.11 Å². The van der Waals surface area contributed by atoms with Gasteiger partial charge in [0.25, 0.3) is 0 Å². The van der Waals surface area contributed by atoms with Gasteiger partial charge in [0.1, 0.15) is 12.4 Å². The van der Waals surface area contributed by atoms with Gasteiger partial charge in [0.15, 0.2) is 0 Å². The molecular weight excluding hydrogens is 155 g/mol. The van der Waals surface area contributed by atoms with Gasteiger partial charge < -0.3 is 5.11 Å². The van der Waals surface area contributed by atoms with Crippen molar-refractivity contribution in [2.75, 3.05) is 6.61 Å². The van der Waals surface area contributed by atoms with E-state index >= 15 is 0 Å². The van der Waals surface area contributed by atoms with Crippen LogP contribution in [0.1, 0.15) is 11.1 Å². The lowest BCUT2D eigenvalue weighted by atomic mass is 10.1. The fourth-order valence-electron chi connectivity index (χ4n) is 0.902. The maximum atomic E-state index is 12.6. The summed E-state index contributed by atoms with van der Waals surface area (Å²) in [5.74, 6) is 4.97. The lowest BCUT2D eigenvalue weighted by Gasteiger charge is -1.96. The van der Waals surface area contributed by atoms with Crippen molar-refractivity contribution in [2.24, 2.45) is 0 Å². The molecule has 1 aromatic rings. The number of hydrogen-bond donors (Lipinski definition) is 1. The zero-order valence-electron chi connectivity index (χ0n) is 6.76. The van der Waals surface area contributed by atoms with Gasteiger partial charge in [0, 0.05) is 5.56 Å². The first-order valence-electron chi connectivity index (χ1n) is 3.60. The highest BCUT2D eigenvalue weighted by molar-refractivity contribution is 5.40. The van der Waals surface area contributed by atoms with Crippen LogP contribution >= 0.6 is 0 Å². The summed E-state index contributed by atoms with van der Waals surface area (Å²) >= 11 is 0. The standard InChI is InChI=1S/C10H9FO/c1-8-7-10(11)5-4-9(8)3-2-6-12/h4-5,7,12H,6H2,1H3. The van der Waals surface area contributed by atoms with Gasteiger partial charge in [-0.3, -0.25) is 0 Å². The van der Waals surface area contributed by atoms with Crippen LogP contribution in [0, 0.1) is 24.6 Å². The number of aryl methyl sites for hydroxylation is 1. The van der Waals surface area contributed by atoms with Crippen molar-refractivity contribution in [3.05, 3.63) is 35.1 Å². The van der Waals surface area contributed by atoms with E-state index in [2.05, 4.69) is 11.8 Å². The van der Waals surface area contributed by atoms with Gasteiger partial charge in [0.2, 0.25) is 0 Å². The summed E-state index contributed by atoms with van der Waals surface area (Å²) < 4.78 is 12.6. The molecular formula is C10H9FO. The Morgan fingerprint density at radius 2 is 2.25 bits per heavy atom. The summed E-state index contributed by atoms with van der Waals surface area (Å²) in [5.41, 5.74) is 1.54. The average Bonchev–Trinajstić information content (AvgIpc) is 2.03. The van der Waals surface area contributed by atoms with Gasteiger partial charge >= 0.3 is 0 Å². The first-order valence-corrected chi connectivity index (χ1v) is 3.60. The highest BCUT2D eigenvalue weighted by Gasteiger charge is 1.95. The minimum Gasteiger partial charge on any atom is -0.384 e. The van der Waals surface area contributed by atoms with E-state index in [1.54, 1.807) is 13.0 Å². The van der Waals surface area contributed by atoms with Crippen molar-refractivity contribution in [1.82, 2.24) is 0 Å². The lowest BCUT2D eigenvalue weighted by Crippen LogP contribution is -1.84. The second-order valence-electron chi connectivity index (χ2n) is 2.42. The Hall–Kier alpha value is -1.33. The monoisotopic (exact) mass is 164 g/mol. The Kier molecular flexibility index (Phi) is 2.84. The zero-order valence-corrected chi connectivity index (χ0v) is 6.76. The van der Waals surface area contributed by atoms with Crippen LogP contribution in [0.2, 0.25) is 0 Å². The van der Waals surface area contributed by atoms with Gasteiger partial charge in [-0.05, 0) is 30.7 Å². The third-order valence-corrected chi connectivity index (χ3v) is 1.49. The Morgan fingerprint density at radius 1 is 1.50 bits per heavy atom. The number of aliphatic hydroxyl groups is 1. The molecule has 0 atom stereocenters. The first kappa shape index (κ1) is 8.76. The average molecular weight is 164 g/mol. The molecule has 0 aromatic heterocycles. The molecule has 1 aromatic carbocycles. The summed E-state index contributed by atoms with van der Waals surface area (Å²) in [7, 11) is 0. The third-order valence-electron chi connectivity index (χ3n) is 1.49. The number of aliphatic hydroxyl groups excluding tert-OH is 1. The molecule has 1 N–H and O–H groups in total. The topological polar surface area (TPSA) is 20.2 Å². The molecule has 0 heterocycles. The Balaban J connectivity index is 3.01. The summed E-state index contributed by atoms with van der Waals surface area (Å²) in [4.78, 5) is 0. The normalized spacial score (nSPS) is 8.92. The lowest BCUT2D eigenvalue weighted by molar-refractivity contribution is 0.350. The SMILES string of the molecule is Cc1cc(F)ccc1C#CCO. The van der Waals surface area contributed by atoms with Gasteiger partial charge in [-0.1, -0.05) is 11.8 Å². The van der Waals surface area contributed by atoms with Crippen LogP contribution < -0.4 is 0 Å². The van der Waals surface area contributed by atoms with Crippen LogP contribution in [-0.2, 0) is 0 Å². The van der Waals surface area contributed by atoms with E-state index in [9.17, 15) is 4.39 Å². The van der Waals surface area contributed by atoms with Crippen molar-refractivity contribution >= 4 is 0 Å². The highest BCUT2D eigenvalue weighted by Crippen LogP contribution is 2.07. The Bertz CT molecular complexity index is 333. The van der Waals surface area contributed by atoms with Crippen LogP contribution in [0.25, 0.3) is 0 Å². The Labute approximate surface area is 70.9 Å². The number of rotatable bonds is 0. The smallest absolute Gasteiger partial charge is 0.123 e. The first-order chi connectivity index (χ1) is 5.74. The molecule has 62 valence electrons. The minimum absolute atomic E-state index is 0.170. The molecule has 0 bridgehead atoms. The van der Waals surface area contributed by atoms with E-state index in [0.29, 0.717) is 0 Å². The maximum absolute atomic E-state index is 12.6. The number of halogens is 1. The van der Waals surface area contributed by atoms with Crippen molar-refractivity contribution in [3.63, 3.8) is 0 Å². The highest BCUT2D eigenvalue weighted by atomic mass is 19.1. The number of hydrogen-bond acceptors (Lipinski definition) is 1. The minimum atomic E-state index is -0.262. The molecule has 1 rings (SSSR count). The fourth-order valence-corrected chi connectivity index (χ4v) is 0.902. The van der Waals surface area contributed by atoms with E-state index in [-0.39, 0.29) is 12.4 Å². The van der Waals surface area contributed by atoms with Crippen LogP contribution in [0.3, 0.4) is 0 Å². The van der Waals surface area contributed by atoms with Crippen LogP contribution in [0.15, 0.2) is 18.2 Å². The van der Waals surface area contributed by atoms with Crippen molar-refractivity contribution < 1.29 is 9.50 Å². The van der Waals surface area contributed by atoms with E-state index in [1.165, 1.54) is 12.1 Å². The van der Waals surface area contributed by atoms with E-state index in [1.807, 2.05) is 0 Å². The van der Waals surface area contributed by atoms with E-state index < -0.39 is 0 Å². The molecule has 0 aliphatic rings. The van der Waals surface area contributed by atoms with Crippen molar-refractivity contribution in [3.8, 4) is 11.8 Å². The zero-order chi connectivity index (χ0) is 8.97. The molecule has 0 radical (unpaired) electrons. The predicted molar refractivity (Wildman–Crippen MR) is 45.1 cm³/mol. The summed E-state index contributed by atoms with van der Waals surface area (Å²) in [5, 5.41) is 8.43. The molecule has 0 saturated carbocycles. The van der Waals surface area contributed by atoms with Crippen LogP contribution in [0.5, 0.6) is 0 Å². The molecule has 0 saturated heterocycles. The van der Waals surface area contributed by atoms with Gasteiger partial charge in [-0.15, -0.1) is 0 Å². The summed E-state index contributed by atoms with van der Waals surface area (Å²) in [6.07, 6.45) is 0. The number of benzene rings is 1. The molecule has 0 fully saturated rings. The second kappa shape index (κ2) is 3.89. The third kappa shape index (κ3) is 2.08.